The lowest BCUT2D eigenvalue weighted by atomic mass is 9.98. The highest BCUT2D eigenvalue weighted by Gasteiger charge is 2.33. The number of anilines is 1. The van der Waals surface area contributed by atoms with E-state index in [1.807, 2.05) is 42.5 Å². The highest BCUT2D eigenvalue weighted by molar-refractivity contribution is 7.90. The summed E-state index contributed by atoms with van der Waals surface area (Å²) in [6.45, 7) is 5.39. The standard InChI is InChI=1S/C28H29N3O5S/c1-28(2,3)36-27(33)29-22-14-10-19(11-15-22)24-18-25(20-8-6-5-7-9-20)31(30-24)26(32)21-12-16-23(17-13-21)37(4,34)35/h5-17,25H,18H2,1-4H3,(H,29,33). The normalized spacial score (nSPS) is 15.7. The minimum atomic E-state index is -3.37. The second-order valence-corrected chi connectivity index (χ2v) is 11.8. The first-order valence-corrected chi connectivity index (χ1v) is 13.7. The number of rotatable bonds is 5. The number of nitrogens with zero attached hydrogens (tertiary/aromatic N) is 2. The molecule has 0 aliphatic carbocycles. The smallest absolute Gasteiger partial charge is 0.412 e. The molecule has 3 aromatic rings. The third kappa shape index (κ3) is 6.42. The maximum Gasteiger partial charge on any atom is 0.412 e. The van der Waals surface area contributed by atoms with Crippen molar-refractivity contribution in [3.63, 3.8) is 0 Å². The van der Waals surface area contributed by atoms with Gasteiger partial charge in [-0.3, -0.25) is 10.1 Å². The summed E-state index contributed by atoms with van der Waals surface area (Å²) >= 11 is 0. The Kier molecular flexibility index (Phi) is 7.18. The van der Waals surface area contributed by atoms with E-state index in [1.54, 1.807) is 32.9 Å². The van der Waals surface area contributed by atoms with E-state index in [2.05, 4.69) is 10.4 Å². The van der Waals surface area contributed by atoms with Gasteiger partial charge in [-0.05, 0) is 68.3 Å². The second kappa shape index (κ2) is 10.2. The monoisotopic (exact) mass is 519 g/mol. The average Bonchev–Trinajstić information content (AvgIpc) is 3.28. The molecule has 0 fully saturated rings. The van der Waals surface area contributed by atoms with Crippen molar-refractivity contribution in [1.29, 1.82) is 0 Å². The minimum Gasteiger partial charge on any atom is -0.444 e. The number of carbonyl (C=O) groups is 2. The van der Waals surface area contributed by atoms with Crippen LogP contribution in [0.5, 0.6) is 0 Å². The van der Waals surface area contributed by atoms with Crippen LogP contribution < -0.4 is 5.32 Å². The molecule has 8 nitrogen and oxygen atoms in total. The molecule has 4 rings (SSSR count). The summed E-state index contributed by atoms with van der Waals surface area (Å²) in [6, 6.07) is 22.4. The lowest BCUT2D eigenvalue weighted by Gasteiger charge is -2.22. The minimum absolute atomic E-state index is 0.148. The van der Waals surface area contributed by atoms with E-state index in [0.29, 0.717) is 17.7 Å². The zero-order valence-electron chi connectivity index (χ0n) is 21.1. The highest BCUT2D eigenvalue weighted by Crippen LogP contribution is 2.34. The number of hydrogen-bond donors (Lipinski definition) is 1. The van der Waals surface area contributed by atoms with Crippen molar-refractivity contribution >= 4 is 33.2 Å². The first-order valence-electron chi connectivity index (χ1n) is 11.8. The number of carbonyl (C=O) groups excluding carboxylic acids is 2. The molecule has 37 heavy (non-hydrogen) atoms. The number of nitrogens with one attached hydrogen (secondary N) is 1. The zero-order chi connectivity index (χ0) is 26.8. The lowest BCUT2D eigenvalue weighted by Crippen LogP contribution is -2.27. The Morgan fingerprint density at radius 2 is 1.57 bits per heavy atom. The molecular weight excluding hydrogens is 490 g/mol. The van der Waals surface area contributed by atoms with Crippen molar-refractivity contribution in [3.8, 4) is 0 Å². The predicted molar refractivity (Wildman–Crippen MR) is 142 cm³/mol. The van der Waals surface area contributed by atoms with E-state index in [9.17, 15) is 18.0 Å². The third-order valence-corrected chi connectivity index (χ3v) is 6.82. The molecule has 1 unspecified atom stereocenters. The molecule has 2 amide bonds. The summed E-state index contributed by atoms with van der Waals surface area (Å²) in [5, 5.41) is 8.83. The molecule has 0 saturated carbocycles. The van der Waals surface area contributed by atoms with Crippen LogP contribution in [-0.4, -0.2) is 43.0 Å². The van der Waals surface area contributed by atoms with Gasteiger partial charge in [-0.25, -0.2) is 18.2 Å². The van der Waals surface area contributed by atoms with Crippen molar-refractivity contribution in [2.75, 3.05) is 11.6 Å². The quantitative estimate of drug-likeness (QED) is 0.484. The van der Waals surface area contributed by atoms with Gasteiger partial charge in [0.05, 0.1) is 16.6 Å². The Balaban J connectivity index is 1.59. The molecule has 1 N–H and O–H groups in total. The molecule has 0 spiro atoms. The number of amides is 2. The van der Waals surface area contributed by atoms with Crippen molar-refractivity contribution in [2.24, 2.45) is 5.10 Å². The van der Waals surface area contributed by atoms with Gasteiger partial charge >= 0.3 is 6.09 Å². The topological polar surface area (TPSA) is 105 Å². The van der Waals surface area contributed by atoms with E-state index in [0.717, 1.165) is 23.1 Å². The number of benzene rings is 3. The molecule has 9 heteroatoms. The SMILES string of the molecule is CC(C)(C)OC(=O)Nc1ccc(C2=NN(C(=O)c3ccc(S(C)(=O)=O)cc3)C(c3ccccc3)C2)cc1. The van der Waals surface area contributed by atoms with E-state index < -0.39 is 21.5 Å². The maximum atomic E-state index is 13.5. The van der Waals surface area contributed by atoms with Crippen LogP contribution in [0.1, 0.15) is 54.7 Å². The van der Waals surface area contributed by atoms with Gasteiger partial charge < -0.3 is 4.74 Å². The van der Waals surface area contributed by atoms with Crippen LogP contribution in [-0.2, 0) is 14.6 Å². The van der Waals surface area contributed by atoms with E-state index in [-0.39, 0.29) is 16.8 Å². The summed E-state index contributed by atoms with van der Waals surface area (Å²) < 4.78 is 28.9. The Bertz CT molecular complexity index is 1430. The second-order valence-electron chi connectivity index (χ2n) is 9.83. The van der Waals surface area contributed by atoms with E-state index in [4.69, 9.17) is 4.74 Å². The van der Waals surface area contributed by atoms with E-state index in [1.165, 1.54) is 29.3 Å². The van der Waals surface area contributed by atoms with Gasteiger partial charge in [0, 0.05) is 23.9 Å². The first-order chi connectivity index (χ1) is 17.4. The van der Waals surface area contributed by atoms with Crippen LogP contribution in [0.25, 0.3) is 0 Å². The van der Waals surface area contributed by atoms with Crippen molar-refractivity contribution in [3.05, 3.63) is 95.6 Å². The molecule has 1 heterocycles. The summed E-state index contributed by atoms with van der Waals surface area (Å²) in [5.41, 5.74) is 2.80. The van der Waals surface area contributed by atoms with Crippen molar-refractivity contribution in [1.82, 2.24) is 5.01 Å². The molecule has 192 valence electrons. The number of sulfone groups is 1. The first kappa shape index (κ1) is 26.1. The van der Waals surface area contributed by atoms with Crippen LogP contribution in [0.3, 0.4) is 0 Å². The maximum absolute atomic E-state index is 13.5. The Morgan fingerprint density at radius 3 is 2.14 bits per heavy atom. The van der Waals surface area contributed by atoms with Gasteiger partial charge in [0.2, 0.25) is 0 Å². The molecule has 0 radical (unpaired) electrons. The fraction of sp³-hybridized carbons (Fsp3) is 0.250. The average molecular weight is 520 g/mol. The van der Waals surface area contributed by atoms with Crippen LogP contribution in [0.2, 0.25) is 0 Å². The van der Waals surface area contributed by atoms with Crippen LogP contribution in [0.15, 0.2) is 88.9 Å². The Hall–Kier alpha value is -3.98. The van der Waals surface area contributed by atoms with Gasteiger partial charge in [0.15, 0.2) is 9.84 Å². The molecule has 1 aliphatic rings. The van der Waals surface area contributed by atoms with Crippen LogP contribution >= 0.6 is 0 Å². The summed E-state index contributed by atoms with van der Waals surface area (Å²) in [4.78, 5) is 25.7. The summed E-state index contributed by atoms with van der Waals surface area (Å²) in [6.07, 6.45) is 1.08. The number of ether oxygens (including phenoxy) is 1. The van der Waals surface area contributed by atoms with Crippen LogP contribution in [0.4, 0.5) is 10.5 Å². The van der Waals surface area contributed by atoms with E-state index >= 15 is 0 Å². The highest BCUT2D eigenvalue weighted by atomic mass is 32.2. The van der Waals surface area contributed by atoms with Crippen molar-refractivity contribution < 1.29 is 22.7 Å². The molecular formula is C28H29N3O5S. The molecule has 0 aromatic heterocycles. The molecule has 0 bridgehead atoms. The Morgan fingerprint density at radius 1 is 0.946 bits per heavy atom. The third-order valence-electron chi connectivity index (χ3n) is 5.70. The van der Waals surface area contributed by atoms with Crippen molar-refractivity contribution in [2.45, 2.75) is 43.7 Å². The number of hydrogen-bond acceptors (Lipinski definition) is 6. The lowest BCUT2D eigenvalue weighted by molar-refractivity contribution is 0.0635. The summed E-state index contributed by atoms with van der Waals surface area (Å²) in [5.74, 6) is -0.327. The van der Waals surface area contributed by atoms with Crippen LogP contribution in [0, 0.1) is 0 Å². The fourth-order valence-corrected chi connectivity index (χ4v) is 4.58. The van der Waals surface area contributed by atoms with Gasteiger partial charge in [0.1, 0.15) is 5.60 Å². The summed E-state index contributed by atoms with van der Waals surface area (Å²) in [7, 11) is -3.37. The molecule has 1 aliphatic heterocycles. The number of hydrazone groups is 1. The predicted octanol–water partition coefficient (Wildman–Crippen LogP) is 5.43. The molecule has 0 saturated heterocycles. The molecule has 3 aromatic carbocycles. The van der Waals surface area contributed by atoms with Gasteiger partial charge in [-0.15, -0.1) is 0 Å². The largest absolute Gasteiger partial charge is 0.444 e. The van der Waals surface area contributed by atoms with Gasteiger partial charge in [-0.1, -0.05) is 42.5 Å². The van der Waals surface area contributed by atoms with Gasteiger partial charge in [-0.2, -0.15) is 5.10 Å². The zero-order valence-corrected chi connectivity index (χ0v) is 22.0. The van der Waals surface area contributed by atoms with Gasteiger partial charge in [0.25, 0.3) is 5.91 Å². The molecule has 1 atom stereocenters. The fourth-order valence-electron chi connectivity index (χ4n) is 3.95. The Labute approximate surface area is 216 Å².